The van der Waals surface area contributed by atoms with Crippen molar-refractivity contribution in [2.75, 3.05) is 19.8 Å². The van der Waals surface area contributed by atoms with Gasteiger partial charge in [0.15, 0.2) is 11.6 Å². The van der Waals surface area contributed by atoms with E-state index in [9.17, 15) is 9.59 Å². The fourth-order valence-electron chi connectivity index (χ4n) is 3.45. The molecule has 0 saturated carbocycles. The lowest BCUT2D eigenvalue weighted by molar-refractivity contribution is 0.0746. The normalized spacial score (nSPS) is 11.3. The molecule has 0 aliphatic rings. The molecule has 0 saturated heterocycles. The molecule has 0 N–H and O–H groups in total. The molecule has 3 aromatic carbocycles. The molecule has 0 atom stereocenters. The van der Waals surface area contributed by atoms with Crippen molar-refractivity contribution < 1.29 is 19.1 Å². The van der Waals surface area contributed by atoms with E-state index in [1.807, 2.05) is 80.6 Å². The molecule has 0 unspecified atom stereocenters. The van der Waals surface area contributed by atoms with Crippen LogP contribution in [-0.2, 0) is 9.47 Å². The maximum Gasteiger partial charge on any atom is 0.189 e. The number of unbranched alkanes of at least 4 members (excludes halogenated alkanes) is 1. The number of ketones is 2. The standard InChI is InChI=1S/C29H30O4/c1-22-12-6-8-16-25(22)27(30)20-29(26-17-9-7-13-23(26)2)33-19-11-10-18-32-21-28(31)24-14-4-3-5-15-24/h3-9,12-17,20H,10-11,18-19,21H2,1-2H3/b29-20+. The molecule has 0 amide bonds. The van der Waals surface area contributed by atoms with Crippen molar-refractivity contribution in [2.45, 2.75) is 26.7 Å². The molecule has 170 valence electrons. The van der Waals surface area contributed by atoms with Crippen LogP contribution >= 0.6 is 0 Å². The minimum atomic E-state index is -0.0749. The molecule has 4 heteroatoms. The molecule has 0 radical (unpaired) electrons. The third-order valence-electron chi connectivity index (χ3n) is 5.35. The summed E-state index contributed by atoms with van der Waals surface area (Å²) in [6.07, 6.45) is 3.09. The molecule has 3 aromatic rings. The van der Waals surface area contributed by atoms with Crippen molar-refractivity contribution in [1.82, 2.24) is 0 Å². The van der Waals surface area contributed by atoms with Gasteiger partial charge in [-0.15, -0.1) is 0 Å². The highest BCUT2D eigenvalue weighted by molar-refractivity contribution is 6.08. The Morgan fingerprint density at radius 2 is 1.30 bits per heavy atom. The third-order valence-corrected chi connectivity index (χ3v) is 5.35. The number of ether oxygens (including phenoxy) is 2. The van der Waals surface area contributed by atoms with E-state index >= 15 is 0 Å². The quantitative estimate of drug-likeness (QED) is 0.145. The van der Waals surface area contributed by atoms with Gasteiger partial charge in [-0.3, -0.25) is 9.59 Å². The Hall–Kier alpha value is -3.50. The number of carbonyl (C=O) groups excluding carboxylic acids is 2. The molecule has 0 aliphatic heterocycles. The van der Waals surface area contributed by atoms with E-state index in [2.05, 4.69) is 0 Å². The number of carbonyl (C=O) groups is 2. The summed E-state index contributed by atoms with van der Waals surface area (Å²) >= 11 is 0. The monoisotopic (exact) mass is 442 g/mol. The highest BCUT2D eigenvalue weighted by Crippen LogP contribution is 2.22. The van der Waals surface area contributed by atoms with Gasteiger partial charge in [0, 0.05) is 29.4 Å². The van der Waals surface area contributed by atoms with Gasteiger partial charge in [-0.2, -0.15) is 0 Å². The zero-order valence-corrected chi connectivity index (χ0v) is 19.3. The Bertz CT molecular complexity index is 1100. The molecule has 4 nitrogen and oxygen atoms in total. The molecule has 0 bridgehead atoms. The maximum absolute atomic E-state index is 12.9. The molecule has 0 heterocycles. The van der Waals surface area contributed by atoms with Gasteiger partial charge in [0.25, 0.3) is 0 Å². The van der Waals surface area contributed by atoms with Gasteiger partial charge in [0.05, 0.1) is 6.61 Å². The van der Waals surface area contributed by atoms with Gasteiger partial charge < -0.3 is 9.47 Å². The van der Waals surface area contributed by atoms with Gasteiger partial charge >= 0.3 is 0 Å². The van der Waals surface area contributed by atoms with Crippen LogP contribution in [0, 0.1) is 13.8 Å². The molecule has 3 rings (SSSR count). The lowest BCUT2D eigenvalue weighted by Gasteiger charge is -2.13. The Morgan fingerprint density at radius 1 is 0.727 bits per heavy atom. The Labute approximate surface area is 195 Å². The van der Waals surface area contributed by atoms with Crippen LogP contribution in [0.3, 0.4) is 0 Å². The highest BCUT2D eigenvalue weighted by atomic mass is 16.5. The predicted molar refractivity (Wildman–Crippen MR) is 131 cm³/mol. The average molecular weight is 443 g/mol. The van der Waals surface area contributed by atoms with E-state index in [1.54, 1.807) is 18.2 Å². The SMILES string of the molecule is Cc1ccccc1C(=O)/C=C(/OCCCCOCC(=O)c1ccccc1)c1ccccc1C. The number of rotatable bonds is 12. The second-order valence-corrected chi connectivity index (χ2v) is 7.90. The number of aryl methyl sites for hydroxylation is 2. The van der Waals surface area contributed by atoms with E-state index in [-0.39, 0.29) is 18.2 Å². The van der Waals surface area contributed by atoms with Crippen molar-refractivity contribution in [3.63, 3.8) is 0 Å². The summed E-state index contributed by atoms with van der Waals surface area (Å²) < 4.78 is 11.6. The highest BCUT2D eigenvalue weighted by Gasteiger charge is 2.12. The van der Waals surface area contributed by atoms with Crippen LogP contribution in [0.1, 0.15) is 50.2 Å². The summed E-state index contributed by atoms with van der Waals surface area (Å²) in [5, 5.41) is 0. The summed E-state index contributed by atoms with van der Waals surface area (Å²) in [4.78, 5) is 25.0. The second kappa shape index (κ2) is 12.5. The summed E-state index contributed by atoms with van der Waals surface area (Å²) in [6.45, 7) is 4.94. The predicted octanol–water partition coefficient (Wildman–Crippen LogP) is 6.22. The zero-order chi connectivity index (χ0) is 23.5. The van der Waals surface area contributed by atoms with Gasteiger partial charge in [0.2, 0.25) is 0 Å². The summed E-state index contributed by atoms with van der Waals surface area (Å²) in [6, 6.07) is 24.6. The summed E-state index contributed by atoms with van der Waals surface area (Å²) in [5.41, 5.74) is 4.22. The second-order valence-electron chi connectivity index (χ2n) is 7.90. The van der Waals surface area contributed by atoms with Crippen molar-refractivity contribution in [2.24, 2.45) is 0 Å². The number of Topliss-reactive ketones (excluding diaryl/α,β-unsaturated/α-hetero) is 1. The van der Waals surface area contributed by atoms with Gasteiger partial charge in [0.1, 0.15) is 12.4 Å². The first-order valence-electron chi connectivity index (χ1n) is 11.2. The van der Waals surface area contributed by atoms with Crippen molar-refractivity contribution in [3.05, 3.63) is 113 Å². The van der Waals surface area contributed by atoms with Crippen molar-refractivity contribution in [1.29, 1.82) is 0 Å². The van der Waals surface area contributed by atoms with E-state index in [1.165, 1.54) is 0 Å². The van der Waals surface area contributed by atoms with Crippen LogP contribution in [0.2, 0.25) is 0 Å². The van der Waals surface area contributed by atoms with Crippen LogP contribution in [0.5, 0.6) is 0 Å². The Morgan fingerprint density at radius 3 is 1.97 bits per heavy atom. The fourth-order valence-corrected chi connectivity index (χ4v) is 3.45. The largest absolute Gasteiger partial charge is 0.493 e. The molecule has 0 fully saturated rings. The zero-order valence-electron chi connectivity index (χ0n) is 19.3. The first-order valence-corrected chi connectivity index (χ1v) is 11.2. The lowest BCUT2D eigenvalue weighted by Crippen LogP contribution is -2.10. The van der Waals surface area contributed by atoms with Gasteiger partial charge in [-0.25, -0.2) is 0 Å². The molecular formula is C29H30O4. The first kappa shape index (κ1) is 24.1. The van der Waals surface area contributed by atoms with Gasteiger partial charge in [-0.05, 0) is 37.8 Å². The molecule has 0 spiro atoms. The maximum atomic E-state index is 12.9. The van der Waals surface area contributed by atoms with Crippen LogP contribution in [0.4, 0.5) is 0 Å². The minimum absolute atomic E-state index is 0.0219. The van der Waals surface area contributed by atoms with Crippen LogP contribution < -0.4 is 0 Å². The van der Waals surface area contributed by atoms with E-state index in [0.29, 0.717) is 30.1 Å². The number of benzene rings is 3. The lowest BCUT2D eigenvalue weighted by atomic mass is 10.0. The Kier molecular flexibility index (Phi) is 9.16. The van der Waals surface area contributed by atoms with E-state index < -0.39 is 0 Å². The van der Waals surface area contributed by atoms with Crippen molar-refractivity contribution >= 4 is 17.3 Å². The summed E-state index contributed by atoms with van der Waals surface area (Å²) in [5.74, 6) is 0.474. The van der Waals surface area contributed by atoms with Crippen LogP contribution in [0.15, 0.2) is 84.9 Å². The van der Waals surface area contributed by atoms with Gasteiger partial charge in [-0.1, -0.05) is 78.9 Å². The average Bonchev–Trinajstić information content (AvgIpc) is 2.83. The van der Waals surface area contributed by atoms with E-state index in [4.69, 9.17) is 9.47 Å². The number of allylic oxidation sites excluding steroid dienone is 1. The number of hydrogen-bond donors (Lipinski definition) is 0. The minimum Gasteiger partial charge on any atom is -0.493 e. The smallest absolute Gasteiger partial charge is 0.189 e. The molecular weight excluding hydrogens is 412 g/mol. The van der Waals surface area contributed by atoms with Crippen LogP contribution in [-0.4, -0.2) is 31.4 Å². The van der Waals surface area contributed by atoms with Crippen LogP contribution in [0.25, 0.3) is 5.76 Å². The summed E-state index contributed by atoms with van der Waals surface area (Å²) in [7, 11) is 0. The molecule has 33 heavy (non-hydrogen) atoms. The topological polar surface area (TPSA) is 52.6 Å². The number of hydrogen-bond acceptors (Lipinski definition) is 4. The molecule has 0 aliphatic carbocycles. The van der Waals surface area contributed by atoms with E-state index in [0.717, 1.165) is 29.5 Å². The molecule has 0 aromatic heterocycles. The third kappa shape index (κ3) is 7.26. The van der Waals surface area contributed by atoms with Crippen molar-refractivity contribution in [3.8, 4) is 0 Å². The Balaban J connectivity index is 1.53. The first-order chi connectivity index (χ1) is 16.1. The fraction of sp³-hybridized carbons (Fsp3) is 0.241.